The fourth-order valence-corrected chi connectivity index (χ4v) is 2.37. The molecule has 0 aliphatic heterocycles. The van der Waals surface area contributed by atoms with Crippen LogP contribution in [-0.4, -0.2) is 28.8 Å². The SMILES string of the molecule is CCCCNC(N)=NCCCc1cn(-c2ccccc2)nc1C. The average Bonchev–Trinajstić information content (AvgIpc) is 2.94. The minimum atomic E-state index is 0.551. The summed E-state index contributed by atoms with van der Waals surface area (Å²) in [7, 11) is 0. The van der Waals surface area contributed by atoms with Gasteiger partial charge < -0.3 is 11.1 Å². The Labute approximate surface area is 138 Å². The van der Waals surface area contributed by atoms with Gasteiger partial charge in [0.05, 0.1) is 11.4 Å². The number of rotatable bonds is 8. The largest absolute Gasteiger partial charge is 0.370 e. The fourth-order valence-electron chi connectivity index (χ4n) is 2.37. The topological polar surface area (TPSA) is 68.2 Å². The molecule has 5 nitrogen and oxygen atoms in total. The minimum absolute atomic E-state index is 0.551. The highest BCUT2D eigenvalue weighted by atomic mass is 15.3. The van der Waals surface area contributed by atoms with E-state index in [9.17, 15) is 0 Å². The molecule has 23 heavy (non-hydrogen) atoms. The van der Waals surface area contributed by atoms with Crippen LogP contribution in [0.25, 0.3) is 5.69 Å². The molecular formula is C18H27N5. The zero-order valence-electron chi connectivity index (χ0n) is 14.1. The van der Waals surface area contributed by atoms with Gasteiger partial charge in [0, 0.05) is 19.3 Å². The predicted molar refractivity (Wildman–Crippen MR) is 96.0 cm³/mol. The van der Waals surface area contributed by atoms with Crippen molar-refractivity contribution >= 4 is 5.96 Å². The normalized spacial score (nSPS) is 11.7. The number of unbranched alkanes of at least 4 members (excludes halogenated alkanes) is 1. The molecular weight excluding hydrogens is 286 g/mol. The third-order valence-electron chi connectivity index (χ3n) is 3.74. The maximum atomic E-state index is 5.83. The molecule has 0 unspecified atom stereocenters. The number of guanidine groups is 1. The zero-order chi connectivity index (χ0) is 16.5. The highest BCUT2D eigenvalue weighted by molar-refractivity contribution is 5.77. The molecule has 0 saturated carbocycles. The van der Waals surface area contributed by atoms with Crippen molar-refractivity contribution in [3.05, 3.63) is 47.8 Å². The molecule has 2 aromatic rings. The number of para-hydroxylation sites is 1. The predicted octanol–water partition coefficient (Wildman–Crippen LogP) is 2.82. The van der Waals surface area contributed by atoms with E-state index >= 15 is 0 Å². The van der Waals surface area contributed by atoms with Crippen LogP contribution in [0, 0.1) is 6.92 Å². The number of benzene rings is 1. The van der Waals surface area contributed by atoms with Gasteiger partial charge in [-0.2, -0.15) is 5.10 Å². The van der Waals surface area contributed by atoms with Crippen LogP contribution in [0.5, 0.6) is 0 Å². The van der Waals surface area contributed by atoms with Crippen LogP contribution in [-0.2, 0) is 6.42 Å². The van der Waals surface area contributed by atoms with Crippen molar-refractivity contribution in [2.45, 2.75) is 39.5 Å². The first kappa shape index (κ1) is 17.1. The van der Waals surface area contributed by atoms with Gasteiger partial charge in [0.15, 0.2) is 5.96 Å². The summed E-state index contributed by atoms with van der Waals surface area (Å²) in [5.74, 6) is 0.551. The van der Waals surface area contributed by atoms with Gasteiger partial charge in [-0.05, 0) is 43.9 Å². The Morgan fingerprint density at radius 1 is 1.26 bits per heavy atom. The summed E-state index contributed by atoms with van der Waals surface area (Å²) < 4.78 is 1.94. The van der Waals surface area contributed by atoms with E-state index in [1.165, 1.54) is 5.56 Å². The maximum Gasteiger partial charge on any atom is 0.188 e. The summed E-state index contributed by atoms with van der Waals surface area (Å²) in [6.45, 7) is 5.85. The molecule has 0 radical (unpaired) electrons. The zero-order valence-corrected chi connectivity index (χ0v) is 14.1. The lowest BCUT2D eigenvalue weighted by molar-refractivity contribution is 0.744. The van der Waals surface area contributed by atoms with E-state index in [1.54, 1.807) is 0 Å². The lowest BCUT2D eigenvalue weighted by atomic mass is 10.1. The first-order valence-corrected chi connectivity index (χ1v) is 8.35. The van der Waals surface area contributed by atoms with Gasteiger partial charge in [-0.15, -0.1) is 0 Å². The molecule has 3 N–H and O–H groups in total. The molecule has 5 heteroatoms. The van der Waals surface area contributed by atoms with E-state index < -0.39 is 0 Å². The van der Waals surface area contributed by atoms with E-state index in [0.717, 1.165) is 50.2 Å². The molecule has 0 aliphatic rings. The number of hydrogen-bond donors (Lipinski definition) is 2. The van der Waals surface area contributed by atoms with Crippen molar-refractivity contribution < 1.29 is 0 Å². The first-order valence-electron chi connectivity index (χ1n) is 8.35. The molecule has 1 heterocycles. The van der Waals surface area contributed by atoms with Crippen LogP contribution in [0.3, 0.4) is 0 Å². The van der Waals surface area contributed by atoms with Crippen molar-refractivity contribution in [1.29, 1.82) is 0 Å². The number of aryl methyl sites for hydroxylation is 2. The molecule has 0 fully saturated rings. The van der Waals surface area contributed by atoms with E-state index in [-0.39, 0.29) is 0 Å². The highest BCUT2D eigenvalue weighted by Crippen LogP contribution is 2.13. The van der Waals surface area contributed by atoms with Gasteiger partial charge in [0.25, 0.3) is 0 Å². The van der Waals surface area contributed by atoms with Crippen LogP contribution in [0.4, 0.5) is 0 Å². The lowest BCUT2D eigenvalue weighted by Gasteiger charge is -2.04. The van der Waals surface area contributed by atoms with Crippen LogP contribution < -0.4 is 11.1 Å². The van der Waals surface area contributed by atoms with Gasteiger partial charge in [-0.3, -0.25) is 4.99 Å². The van der Waals surface area contributed by atoms with Crippen molar-refractivity contribution in [2.24, 2.45) is 10.7 Å². The van der Waals surface area contributed by atoms with Crippen molar-refractivity contribution in [3.63, 3.8) is 0 Å². The lowest BCUT2D eigenvalue weighted by Crippen LogP contribution is -2.32. The Kier molecular flexibility index (Phi) is 6.66. The molecule has 2 rings (SSSR count). The van der Waals surface area contributed by atoms with Gasteiger partial charge >= 0.3 is 0 Å². The van der Waals surface area contributed by atoms with Crippen molar-refractivity contribution in [1.82, 2.24) is 15.1 Å². The van der Waals surface area contributed by atoms with Gasteiger partial charge in [0.2, 0.25) is 0 Å². The highest BCUT2D eigenvalue weighted by Gasteiger charge is 2.05. The molecule has 0 spiro atoms. The standard InChI is InChI=1S/C18H27N5/c1-3-4-12-20-18(19)21-13-8-9-16-14-23(22-15(16)2)17-10-6-5-7-11-17/h5-7,10-11,14H,3-4,8-9,12-13H2,1-2H3,(H3,19,20,21). The summed E-state index contributed by atoms with van der Waals surface area (Å²) in [5.41, 5.74) is 9.25. The van der Waals surface area contributed by atoms with Crippen molar-refractivity contribution in [3.8, 4) is 5.69 Å². The molecule has 1 aromatic heterocycles. The Morgan fingerprint density at radius 2 is 2.04 bits per heavy atom. The second-order valence-electron chi connectivity index (χ2n) is 5.67. The maximum absolute atomic E-state index is 5.83. The summed E-state index contributed by atoms with van der Waals surface area (Å²) in [6, 6.07) is 10.2. The molecule has 0 atom stereocenters. The van der Waals surface area contributed by atoms with E-state index in [4.69, 9.17) is 5.73 Å². The quantitative estimate of drug-likeness (QED) is 0.447. The smallest absolute Gasteiger partial charge is 0.188 e. The van der Waals surface area contributed by atoms with Crippen molar-refractivity contribution in [2.75, 3.05) is 13.1 Å². The summed E-state index contributed by atoms with van der Waals surface area (Å²) in [5, 5.41) is 7.72. The number of hydrogen-bond acceptors (Lipinski definition) is 2. The third kappa shape index (κ3) is 5.43. The summed E-state index contributed by atoms with van der Waals surface area (Å²) in [4.78, 5) is 4.36. The third-order valence-corrected chi connectivity index (χ3v) is 3.74. The minimum Gasteiger partial charge on any atom is -0.370 e. The molecule has 0 aliphatic carbocycles. The van der Waals surface area contributed by atoms with Crippen LogP contribution in [0.2, 0.25) is 0 Å². The fraction of sp³-hybridized carbons (Fsp3) is 0.444. The Hall–Kier alpha value is -2.30. The number of nitrogens with two attached hydrogens (primary N) is 1. The molecule has 0 saturated heterocycles. The Balaban J connectivity index is 1.82. The summed E-state index contributed by atoms with van der Waals surface area (Å²) in [6.07, 6.45) is 6.32. The first-order chi connectivity index (χ1) is 11.2. The van der Waals surface area contributed by atoms with Gasteiger partial charge in [0.1, 0.15) is 0 Å². The number of aromatic nitrogens is 2. The van der Waals surface area contributed by atoms with Crippen LogP contribution >= 0.6 is 0 Å². The second kappa shape index (κ2) is 8.98. The average molecular weight is 313 g/mol. The molecule has 124 valence electrons. The van der Waals surface area contributed by atoms with Gasteiger partial charge in [-0.1, -0.05) is 31.5 Å². The van der Waals surface area contributed by atoms with Gasteiger partial charge in [-0.25, -0.2) is 4.68 Å². The number of nitrogens with one attached hydrogen (secondary N) is 1. The molecule has 1 aromatic carbocycles. The summed E-state index contributed by atoms with van der Waals surface area (Å²) >= 11 is 0. The number of nitrogens with zero attached hydrogens (tertiary/aromatic N) is 3. The molecule has 0 bridgehead atoms. The Bertz CT molecular complexity index is 616. The van der Waals surface area contributed by atoms with E-state index in [2.05, 4.69) is 47.6 Å². The van der Waals surface area contributed by atoms with Crippen LogP contribution in [0.15, 0.2) is 41.5 Å². The molecule has 0 amide bonds. The van der Waals surface area contributed by atoms with E-state index in [1.807, 2.05) is 22.9 Å². The number of aliphatic imine (C=N–C) groups is 1. The Morgan fingerprint density at radius 3 is 2.78 bits per heavy atom. The monoisotopic (exact) mass is 313 g/mol. The van der Waals surface area contributed by atoms with Crippen LogP contribution in [0.1, 0.15) is 37.4 Å². The second-order valence-corrected chi connectivity index (χ2v) is 5.67. The van der Waals surface area contributed by atoms with E-state index in [0.29, 0.717) is 5.96 Å².